The summed E-state index contributed by atoms with van der Waals surface area (Å²) in [4.78, 5) is 33.9. The number of hydrogen-bond acceptors (Lipinski definition) is 3. The molecule has 16 heavy (non-hydrogen) atoms. The molecule has 0 fully saturated rings. The summed E-state index contributed by atoms with van der Waals surface area (Å²) in [5.41, 5.74) is 0. The van der Waals surface area contributed by atoms with Gasteiger partial charge in [-0.3, -0.25) is 14.4 Å². The van der Waals surface area contributed by atoms with E-state index in [0.717, 1.165) is 0 Å². The lowest BCUT2D eigenvalue weighted by Crippen LogP contribution is -2.12. The van der Waals surface area contributed by atoms with Gasteiger partial charge in [-0.25, -0.2) is 0 Å². The van der Waals surface area contributed by atoms with Crippen LogP contribution in [0.3, 0.4) is 0 Å². The first-order valence-corrected chi connectivity index (χ1v) is 5.91. The SMILES string of the molecule is CC(C)C(=O)CCC(=O)CCC(=O)C(C)C. The Morgan fingerprint density at radius 3 is 1.25 bits per heavy atom. The first-order valence-electron chi connectivity index (χ1n) is 5.91. The third-order valence-electron chi connectivity index (χ3n) is 2.59. The van der Waals surface area contributed by atoms with E-state index in [2.05, 4.69) is 0 Å². The average Bonchev–Trinajstić information content (AvgIpc) is 2.21. The Bertz CT molecular complexity index is 238. The molecular formula is C13H22O3. The van der Waals surface area contributed by atoms with E-state index in [1.807, 2.05) is 27.7 Å². The van der Waals surface area contributed by atoms with Crippen molar-refractivity contribution >= 4 is 17.3 Å². The standard InChI is InChI=1S/C13H22O3/c1-9(2)12(15)7-5-11(14)6-8-13(16)10(3)4/h9-10H,5-8H2,1-4H3. The summed E-state index contributed by atoms with van der Waals surface area (Å²) >= 11 is 0. The molecule has 0 aromatic carbocycles. The van der Waals surface area contributed by atoms with E-state index in [1.54, 1.807) is 0 Å². The summed E-state index contributed by atoms with van der Waals surface area (Å²) in [6.45, 7) is 7.31. The predicted molar refractivity (Wildman–Crippen MR) is 63.2 cm³/mol. The zero-order valence-electron chi connectivity index (χ0n) is 10.7. The molecule has 0 aromatic rings. The van der Waals surface area contributed by atoms with Crippen LogP contribution in [0.25, 0.3) is 0 Å². The molecule has 0 bridgehead atoms. The minimum absolute atomic E-state index is 0.00917. The highest BCUT2D eigenvalue weighted by molar-refractivity contribution is 5.89. The van der Waals surface area contributed by atoms with Crippen molar-refractivity contribution in [2.24, 2.45) is 11.8 Å². The Balaban J connectivity index is 3.76. The van der Waals surface area contributed by atoms with Gasteiger partial charge in [-0.15, -0.1) is 0 Å². The second-order valence-electron chi connectivity index (χ2n) is 4.78. The van der Waals surface area contributed by atoms with Crippen LogP contribution < -0.4 is 0 Å². The van der Waals surface area contributed by atoms with Gasteiger partial charge in [0.2, 0.25) is 0 Å². The average molecular weight is 226 g/mol. The molecule has 0 unspecified atom stereocenters. The highest BCUT2D eigenvalue weighted by Gasteiger charge is 2.13. The van der Waals surface area contributed by atoms with E-state index in [-0.39, 0.29) is 42.0 Å². The van der Waals surface area contributed by atoms with Crippen molar-refractivity contribution in [2.45, 2.75) is 53.4 Å². The summed E-state index contributed by atoms with van der Waals surface area (Å²) in [5, 5.41) is 0. The van der Waals surface area contributed by atoms with Crippen molar-refractivity contribution in [1.82, 2.24) is 0 Å². The van der Waals surface area contributed by atoms with Crippen molar-refractivity contribution in [3.05, 3.63) is 0 Å². The van der Waals surface area contributed by atoms with Crippen LogP contribution >= 0.6 is 0 Å². The molecule has 0 spiro atoms. The number of carbonyl (C=O) groups is 3. The summed E-state index contributed by atoms with van der Waals surface area (Å²) in [5.74, 6) is 0.227. The van der Waals surface area contributed by atoms with Crippen LogP contribution in [0.2, 0.25) is 0 Å². The molecule has 0 aromatic heterocycles. The van der Waals surface area contributed by atoms with Crippen LogP contribution in [-0.2, 0) is 14.4 Å². The molecule has 0 aliphatic rings. The minimum atomic E-state index is -0.00917. The van der Waals surface area contributed by atoms with Gasteiger partial charge >= 0.3 is 0 Å². The van der Waals surface area contributed by atoms with Gasteiger partial charge in [-0.1, -0.05) is 27.7 Å². The molecule has 0 radical (unpaired) electrons. The van der Waals surface area contributed by atoms with Gasteiger partial charge in [0.1, 0.15) is 17.3 Å². The molecule has 92 valence electrons. The smallest absolute Gasteiger partial charge is 0.135 e. The van der Waals surface area contributed by atoms with E-state index in [4.69, 9.17) is 0 Å². The van der Waals surface area contributed by atoms with Crippen LogP contribution in [0.4, 0.5) is 0 Å². The van der Waals surface area contributed by atoms with Crippen molar-refractivity contribution in [2.75, 3.05) is 0 Å². The highest BCUT2D eigenvalue weighted by Crippen LogP contribution is 2.07. The third kappa shape index (κ3) is 6.49. The molecule has 0 heterocycles. The van der Waals surface area contributed by atoms with Crippen molar-refractivity contribution < 1.29 is 14.4 Å². The van der Waals surface area contributed by atoms with Gasteiger partial charge in [0.05, 0.1) is 0 Å². The zero-order valence-corrected chi connectivity index (χ0v) is 10.7. The number of hydrogen-bond donors (Lipinski definition) is 0. The molecule has 0 amide bonds. The summed E-state index contributed by atoms with van der Waals surface area (Å²) in [6, 6.07) is 0. The fourth-order valence-electron chi connectivity index (χ4n) is 1.23. The van der Waals surface area contributed by atoms with Gasteiger partial charge in [0.25, 0.3) is 0 Å². The first kappa shape index (κ1) is 15.0. The monoisotopic (exact) mass is 226 g/mol. The van der Waals surface area contributed by atoms with Gasteiger partial charge in [-0.2, -0.15) is 0 Å². The van der Waals surface area contributed by atoms with Gasteiger partial charge in [-0.05, 0) is 0 Å². The van der Waals surface area contributed by atoms with Gasteiger partial charge in [0.15, 0.2) is 0 Å². The lowest BCUT2D eigenvalue weighted by molar-refractivity contribution is -0.127. The number of ketones is 3. The van der Waals surface area contributed by atoms with Crippen molar-refractivity contribution in [3.8, 4) is 0 Å². The largest absolute Gasteiger partial charge is 0.300 e. The molecule has 0 saturated carbocycles. The van der Waals surface area contributed by atoms with Gasteiger partial charge in [0, 0.05) is 37.5 Å². The van der Waals surface area contributed by atoms with E-state index in [9.17, 15) is 14.4 Å². The van der Waals surface area contributed by atoms with E-state index in [0.29, 0.717) is 12.8 Å². The fraction of sp³-hybridized carbons (Fsp3) is 0.769. The number of Topliss-reactive ketones (excluding diaryl/α,β-unsaturated/α-hetero) is 3. The third-order valence-corrected chi connectivity index (χ3v) is 2.59. The maximum absolute atomic E-state index is 11.4. The number of carbonyl (C=O) groups excluding carboxylic acids is 3. The topological polar surface area (TPSA) is 51.2 Å². The molecule has 0 saturated heterocycles. The molecule has 0 aliphatic heterocycles. The minimum Gasteiger partial charge on any atom is -0.300 e. The molecule has 3 nitrogen and oxygen atoms in total. The lowest BCUT2D eigenvalue weighted by atomic mass is 9.99. The van der Waals surface area contributed by atoms with E-state index >= 15 is 0 Å². The van der Waals surface area contributed by atoms with Crippen LogP contribution in [-0.4, -0.2) is 17.3 Å². The quantitative estimate of drug-likeness (QED) is 0.639. The van der Waals surface area contributed by atoms with Crippen molar-refractivity contribution in [1.29, 1.82) is 0 Å². The molecular weight excluding hydrogens is 204 g/mol. The maximum Gasteiger partial charge on any atom is 0.135 e. The normalized spacial score (nSPS) is 10.9. The van der Waals surface area contributed by atoms with Crippen LogP contribution in [0.1, 0.15) is 53.4 Å². The lowest BCUT2D eigenvalue weighted by Gasteiger charge is -2.04. The molecule has 0 N–H and O–H groups in total. The van der Waals surface area contributed by atoms with Crippen molar-refractivity contribution in [3.63, 3.8) is 0 Å². The molecule has 0 rings (SSSR count). The predicted octanol–water partition coefficient (Wildman–Crippen LogP) is 2.57. The Labute approximate surface area is 97.6 Å². The Kier molecular flexibility index (Phi) is 6.86. The second kappa shape index (κ2) is 7.31. The fourth-order valence-corrected chi connectivity index (χ4v) is 1.23. The Morgan fingerprint density at radius 1 is 0.688 bits per heavy atom. The summed E-state index contributed by atoms with van der Waals surface area (Å²) in [7, 11) is 0. The Morgan fingerprint density at radius 2 is 1.00 bits per heavy atom. The summed E-state index contributed by atoms with van der Waals surface area (Å²) in [6.07, 6.45) is 1.18. The second-order valence-corrected chi connectivity index (χ2v) is 4.78. The summed E-state index contributed by atoms with van der Waals surface area (Å²) < 4.78 is 0. The van der Waals surface area contributed by atoms with E-state index < -0.39 is 0 Å². The van der Waals surface area contributed by atoms with Crippen LogP contribution in [0.15, 0.2) is 0 Å². The van der Waals surface area contributed by atoms with Gasteiger partial charge < -0.3 is 0 Å². The maximum atomic E-state index is 11.4. The van der Waals surface area contributed by atoms with E-state index in [1.165, 1.54) is 0 Å². The highest BCUT2D eigenvalue weighted by atomic mass is 16.1. The van der Waals surface area contributed by atoms with Crippen LogP contribution in [0.5, 0.6) is 0 Å². The molecule has 0 atom stereocenters. The molecule has 0 aliphatic carbocycles. The zero-order chi connectivity index (χ0) is 12.7. The Hall–Kier alpha value is -0.990. The first-order chi connectivity index (χ1) is 7.34. The molecule has 3 heteroatoms. The van der Waals surface area contributed by atoms with Crippen LogP contribution in [0, 0.1) is 11.8 Å². The number of rotatable bonds is 8.